The van der Waals surface area contributed by atoms with Gasteiger partial charge in [0, 0.05) is 36.6 Å². The van der Waals surface area contributed by atoms with Gasteiger partial charge in [0.25, 0.3) is 0 Å². The minimum absolute atomic E-state index is 0.171. The highest BCUT2D eigenvalue weighted by Crippen LogP contribution is 2.24. The first-order chi connectivity index (χ1) is 14.1. The standard InChI is InChI=1S/C20H23N7O2/c1-13-11-27(12-14(2)29-13)19-7-16(4-5-21-19)25-18-6-15(8-24-26-18)20-22-9-17(28-3)10-23-20/h4-10,13-14H,11-12H2,1-3H3,(H,21,25,26)/t13-,14+. The second-order valence-electron chi connectivity index (χ2n) is 6.97. The van der Waals surface area contributed by atoms with Crippen LogP contribution in [0, 0.1) is 0 Å². The number of nitrogens with one attached hydrogen (secondary N) is 1. The molecule has 0 radical (unpaired) electrons. The molecule has 4 heterocycles. The Kier molecular flexibility index (Phi) is 5.48. The lowest BCUT2D eigenvalue weighted by atomic mass is 10.2. The van der Waals surface area contributed by atoms with Gasteiger partial charge in [-0.1, -0.05) is 0 Å². The summed E-state index contributed by atoms with van der Waals surface area (Å²) in [4.78, 5) is 15.3. The Hall–Kier alpha value is -3.33. The van der Waals surface area contributed by atoms with Crippen molar-refractivity contribution in [2.45, 2.75) is 26.1 Å². The Bertz CT molecular complexity index is 957. The number of rotatable bonds is 5. The molecule has 29 heavy (non-hydrogen) atoms. The van der Waals surface area contributed by atoms with Gasteiger partial charge in [-0.3, -0.25) is 0 Å². The zero-order valence-electron chi connectivity index (χ0n) is 16.6. The molecular weight excluding hydrogens is 370 g/mol. The third-order valence-electron chi connectivity index (χ3n) is 4.54. The topological polar surface area (TPSA) is 98.2 Å². The summed E-state index contributed by atoms with van der Waals surface area (Å²) in [6.45, 7) is 5.77. The van der Waals surface area contributed by atoms with Crippen LogP contribution < -0.4 is 15.0 Å². The zero-order valence-corrected chi connectivity index (χ0v) is 16.6. The number of hydrogen-bond acceptors (Lipinski definition) is 9. The molecule has 9 heteroatoms. The average molecular weight is 393 g/mol. The molecule has 0 amide bonds. The summed E-state index contributed by atoms with van der Waals surface area (Å²) in [5, 5.41) is 11.5. The van der Waals surface area contributed by atoms with E-state index in [0.717, 1.165) is 30.2 Å². The van der Waals surface area contributed by atoms with E-state index in [1.165, 1.54) is 0 Å². The quantitative estimate of drug-likeness (QED) is 0.701. The summed E-state index contributed by atoms with van der Waals surface area (Å²) in [7, 11) is 1.58. The summed E-state index contributed by atoms with van der Waals surface area (Å²) in [6, 6.07) is 5.76. The van der Waals surface area contributed by atoms with Gasteiger partial charge in [-0.15, -0.1) is 5.10 Å². The van der Waals surface area contributed by atoms with Crippen LogP contribution in [0.25, 0.3) is 11.4 Å². The fourth-order valence-corrected chi connectivity index (χ4v) is 3.30. The van der Waals surface area contributed by atoms with E-state index in [2.05, 4.69) is 49.2 Å². The molecule has 1 N–H and O–H groups in total. The van der Waals surface area contributed by atoms with Gasteiger partial charge in [-0.05, 0) is 26.0 Å². The highest BCUT2D eigenvalue weighted by Gasteiger charge is 2.23. The van der Waals surface area contributed by atoms with Crippen LogP contribution in [-0.2, 0) is 4.74 Å². The molecule has 4 rings (SSSR count). The molecule has 1 aliphatic heterocycles. The van der Waals surface area contributed by atoms with Gasteiger partial charge in [0.1, 0.15) is 5.82 Å². The molecule has 1 aliphatic rings. The Morgan fingerprint density at radius 2 is 1.83 bits per heavy atom. The maximum atomic E-state index is 5.81. The van der Waals surface area contributed by atoms with Crippen molar-refractivity contribution in [1.29, 1.82) is 0 Å². The number of ether oxygens (including phenoxy) is 2. The SMILES string of the molecule is COc1cnc(-c2cnnc(Nc3ccnc(N4C[C@@H](C)O[C@@H](C)C4)c3)c2)nc1. The number of aromatic nitrogens is 5. The van der Waals surface area contributed by atoms with Crippen molar-refractivity contribution in [2.24, 2.45) is 0 Å². The molecule has 3 aromatic rings. The summed E-state index contributed by atoms with van der Waals surface area (Å²) >= 11 is 0. The molecule has 0 spiro atoms. The Balaban J connectivity index is 1.52. The van der Waals surface area contributed by atoms with Crippen molar-refractivity contribution in [3.05, 3.63) is 43.0 Å². The molecule has 1 saturated heterocycles. The van der Waals surface area contributed by atoms with Crippen LogP contribution in [-0.4, -0.2) is 57.6 Å². The first-order valence-electron chi connectivity index (χ1n) is 9.43. The third kappa shape index (κ3) is 4.57. The van der Waals surface area contributed by atoms with Gasteiger partial charge < -0.3 is 19.7 Å². The van der Waals surface area contributed by atoms with Crippen LogP contribution in [0.2, 0.25) is 0 Å². The van der Waals surface area contributed by atoms with Gasteiger partial charge >= 0.3 is 0 Å². The molecule has 0 saturated carbocycles. The van der Waals surface area contributed by atoms with Crippen LogP contribution in [0.3, 0.4) is 0 Å². The summed E-state index contributed by atoms with van der Waals surface area (Å²) in [5.41, 5.74) is 1.64. The van der Waals surface area contributed by atoms with Gasteiger partial charge in [-0.25, -0.2) is 15.0 Å². The van der Waals surface area contributed by atoms with E-state index in [4.69, 9.17) is 9.47 Å². The highest BCUT2D eigenvalue weighted by atomic mass is 16.5. The van der Waals surface area contributed by atoms with E-state index in [0.29, 0.717) is 17.4 Å². The predicted molar refractivity (Wildman–Crippen MR) is 109 cm³/mol. The van der Waals surface area contributed by atoms with Gasteiger partial charge in [-0.2, -0.15) is 5.10 Å². The second-order valence-corrected chi connectivity index (χ2v) is 6.97. The smallest absolute Gasteiger partial charge is 0.161 e. The molecule has 3 aromatic heterocycles. The van der Waals surface area contributed by atoms with Crippen molar-refractivity contribution < 1.29 is 9.47 Å². The van der Waals surface area contributed by atoms with Crippen molar-refractivity contribution in [3.8, 4) is 17.1 Å². The third-order valence-corrected chi connectivity index (χ3v) is 4.54. The number of anilines is 3. The van der Waals surface area contributed by atoms with Crippen LogP contribution in [0.1, 0.15) is 13.8 Å². The van der Waals surface area contributed by atoms with E-state index in [1.807, 2.05) is 18.2 Å². The van der Waals surface area contributed by atoms with E-state index in [-0.39, 0.29) is 12.2 Å². The molecule has 9 nitrogen and oxygen atoms in total. The van der Waals surface area contributed by atoms with E-state index >= 15 is 0 Å². The minimum atomic E-state index is 0.171. The molecule has 0 bridgehead atoms. The van der Waals surface area contributed by atoms with Crippen LogP contribution in [0.15, 0.2) is 43.0 Å². The van der Waals surface area contributed by atoms with E-state index in [1.54, 1.807) is 31.9 Å². The average Bonchev–Trinajstić information content (AvgIpc) is 2.73. The maximum absolute atomic E-state index is 5.81. The largest absolute Gasteiger partial charge is 0.494 e. The predicted octanol–water partition coefficient (Wildman–Crippen LogP) is 2.69. The van der Waals surface area contributed by atoms with E-state index in [9.17, 15) is 0 Å². The summed E-state index contributed by atoms with van der Waals surface area (Å²) < 4.78 is 10.9. The van der Waals surface area contributed by atoms with Gasteiger partial charge in [0.05, 0.1) is 37.9 Å². The lowest BCUT2D eigenvalue weighted by molar-refractivity contribution is -0.00545. The summed E-state index contributed by atoms with van der Waals surface area (Å²) in [6.07, 6.45) is 6.99. The summed E-state index contributed by atoms with van der Waals surface area (Å²) in [5.74, 6) is 2.66. The Morgan fingerprint density at radius 3 is 2.55 bits per heavy atom. The van der Waals surface area contributed by atoms with Crippen molar-refractivity contribution in [1.82, 2.24) is 25.1 Å². The zero-order chi connectivity index (χ0) is 20.2. The fourth-order valence-electron chi connectivity index (χ4n) is 3.30. The number of methoxy groups -OCH3 is 1. The molecule has 0 aromatic carbocycles. The fraction of sp³-hybridized carbons (Fsp3) is 0.350. The lowest BCUT2D eigenvalue weighted by Gasteiger charge is -2.36. The first-order valence-corrected chi connectivity index (χ1v) is 9.43. The molecular formula is C20H23N7O2. The Labute approximate surface area is 169 Å². The van der Waals surface area contributed by atoms with Crippen LogP contribution >= 0.6 is 0 Å². The molecule has 1 fully saturated rings. The first kappa shape index (κ1) is 19.0. The molecule has 2 atom stereocenters. The Morgan fingerprint density at radius 1 is 1.07 bits per heavy atom. The minimum Gasteiger partial charge on any atom is -0.494 e. The molecule has 0 unspecified atom stereocenters. The van der Waals surface area contributed by atoms with Crippen molar-refractivity contribution in [2.75, 3.05) is 30.4 Å². The molecule has 0 aliphatic carbocycles. The number of pyridine rings is 1. The second kappa shape index (κ2) is 8.36. The number of morpholine rings is 1. The number of hydrogen-bond donors (Lipinski definition) is 1. The lowest BCUT2D eigenvalue weighted by Crippen LogP contribution is -2.45. The van der Waals surface area contributed by atoms with Gasteiger partial charge in [0.15, 0.2) is 17.4 Å². The highest BCUT2D eigenvalue weighted by molar-refractivity contribution is 5.64. The van der Waals surface area contributed by atoms with Crippen molar-refractivity contribution >= 4 is 17.3 Å². The maximum Gasteiger partial charge on any atom is 0.161 e. The van der Waals surface area contributed by atoms with Crippen molar-refractivity contribution in [3.63, 3.8) is 0 Å². The molecule has 150 valence electrons. The van der Waals surface area contributed by atoms with Crippen LogP contribution in [0.4, 0.5) is 17.3 Å². The number of nitrogens with zero attached hydrogens (tertiary/aromatic N) is 6. The van der Waals surface area contributed by atoms with Gasteiger partial charge in [0.2, 0.25) is 0 Å². The van der Waals surface area contributed by atoms with Crippen LogP contribution in [0.5, 0.6) is 5.75 Å². The monoisotopic (exact) mass is 393 g/mol. The van der Waals surface area contributed by atoms with E-state index < -0.39 is 0 Å². The normalized spacial score (nSPS) is 19.1.